The molecule has 0 radical (unpaired) electrons. The standard InChI is InChI=1S/C20H20N4O4/c1-13-21-17(11-14-5-7-15(8-6-14)22(2)3)20(25)23(13)18-10-9-16(24(26)27)12-19(18)28-4/h5-12H,1-4H3/b17-11-. The first-order chi connectivity index (χ1) is 13.3. The van der Waals surface area contributed by atoms with Crippen molar-refractivity contribution >= 4 is 34.9 Å². The predicted octanol–water partition coefficient (Wildman–Crippen LogP) is 3.48. The molecule has 1 aliphatic heterocycles. The van der Waals surface area contributed by atoms with Gasteiger partial charge in [0.1, 0.15) is 17.3 Å². The van der Waals surface area contributed by atoms with Crippen LogP contribution in [0.1, 0.15) is 12.5 Å². The topological polar surface area (TPSA) is 88.3 Å². The molecule has 1 amide bonds. The van der Waals surface area contributed by atoms with Gasteiger partial charge in [0.2, 0.25) is 0 Å². The third-order valence-electron chi connectivity index (χ3n) is 4.36. The number of carbonyl (C=O) groups is 1. The lowest BCUT2D eigenvalue weighted by Crippen LogP contribution is -2.30. The average Bonchev–Trinajstić information content (AvgIpc) is 2.94. The van der Waals surface area contributed by atoms with Crippen molar-refractivity contribution in [2.45, 2.75) is 6.92 Å². The van der Waals surface area contributed by atoms with Crippen molar-refractivity contribution in [1.29, 1.82) is 0 Å². The molecule has 1 aliphatic rings. The first kappa shape index (κ1) is 19.1. The van der Waals surface area contributed by atoms with E-state index < -0.39 is 4.92 Å². The molecule has 0 spiro atoms. The number of nitro benzene ring substituents is 1. The summed E-state index contributed by atoms with van der Waals surface area (Å²) in [6.45, 7) is 1.70. The fourth-order valence-electron chi connectivity index (χ4n) is 2.90. The molecule has 144 valence electrons. The van der Waals surface area contributed by atoms with Gasteiger partial charge >= 0.3 is 0 Å². The lowest BCUT2D eigenvalue weighted by molar-refractivity contribution is -0.384. The Morgan fingerprint density at radius 3 is 2.43 bits per heavy atom. The number of aliphatic imine (C=N–C) groups is 1. The molecule has 0 N–H and O–H groups in total. The zero-order valence-corrected chi connectivity index (χ0v) is 16.0. The first-order valence-corrected chi connectivity index (χ1v) is 8.53. The average molecular weight is 380 g/mol. The molecule has 0 unspecified atom stereocenters. The van der Waals surface area contributed by atoms with E-state index in [9.17, 15) is 14.9 Å². The Labute approximate surface area is 162 Å². The SMILES string of the molecule is COc1cc([N+](=O)[O-])ccc1N1C(=O)/C(=C/c2ccc(N(C)C)cc2)N=C1C. The number of benzene rings is 2. The number of nitrogens with zero attached hydrogens (tertiary/aromatic N) is 4. The largest absolute Gasteiger partial charge is 0.494 e. The van der Waals surface area contributed by atoms with Gasteiger partial charge in [0.15, 0.2) is 0 Å². The Morgan fingerprint density at radius 2 is 1.86 bits per heavy atom. The number of hydrogen-bond donors (Lipinski definition) is 0. The van der Waals surface area contributed by atoms with E-state index in [0.717, 1.165) is 11.3 Å². The highest BCUT2D eigenvalue weighted by Crippen LogP contribution is 2.35. The first-order valence-electron chi connectivity index (χ1n) is 8.53. The van der Waals surface area contributed by atoms with Gasteiger partial charge < -0.3 is 9.64 Å². The van der Waals surface area contributed by atoms with Gasteiger partial charge in [-0.05, 0) is 36.8 Å². The molecule has 0 aromatic heterocycles. The van der Waals surface area contributed by atoms with E-state index >= 15 is 0 Å². The van der Waals surface area contributed by atoms with Crippen molar-refractivity contribution in [1.82, 2.24) is 0 Å². The summed E-state index contributed by atoms with van der Waals surface area (Å²) in [7, 11) is 5.31. The van der Waals surface area contributed by atoms with Crippen LogP contribution in [0.5, 0.6) is 5.75 Å². The number of carbonyl (C=O) groups excluding carboxylic acids is 1. The quantitative estimate of drug-likeness (QED) is 0.450. The number of methoxy groups -OCH3 is 1. The van der Waals surface area contributed by atoms with E-state index in [0.29, 0.717) is 11.5 Å². The Bertz CT molecular complexity index is 994. The van der Waals surface area contributed by atoms with E-state index in [1.54, 1.807) is 13.0 Å². The van der Waals surface area contributed by atoms with E-state index in [1.165, 1.54) is 30.2 Å². The van der Waals surface area contributed by atoms with Crippen LogP contribution in [-0.2, 0) is 4.79 Å². The van der Waals surface area contributed by atoms with Crippen LogP contribution in [0, 0.1) is 10.1 Å². The van der Waals surface area contributed by atoms with Gasteiger partial charge in [-0.15, -0.1) is 0 Å². The highest BCUT2D eigenvalue weighted by atomic mass is 16.6. The smallest absolute Gasteiger partial charge is 0.282 e. The third kappa shape index (κ3) is 3.57. The Morgan fingerprint density at radius 1 is 1.18 bits per heavy atom. The fourth-order valence-corrected chi connectivity index (χ4v) is 2.90. The maximum absolute atomic E-state index is 12.9. The number of nitro groups is 1. The monoisotopic (exact) mass is 380 g/mol. The van der Waals surface area contributed by atoms with Crippen LogP contribution in [0.25, 0.3) is 6.08 Å². The molecule has 1 heterocycles. The Balaban J connectivity index is 1.94. The molecule has 0 aliphatic carbocycles. The van der Waals surface area contributed by atoms with Crippen LogP contribution in [0.15, 0.2) is 53.2 Å². The van der Waals surface area contributed by atoms with Gasteiger partial charge in [-0.1, -0.05) is 12.1 Å². The third-order valence-corrected chi connectivity index (χ3v) is 4.36. The maximum atomic E-state index is 12.9. The summed E-state index contributed by atoms with van der Waals surface area (Å²) in [5.41, 5.74) is 2.49. The van der Waals surface area contributed by atoms with Crippen molar-refractivity contribution in [3.05, 3.63) is 63.8 Å². The Hall–Kier alpha value is -3.68. The normalized spacial score (nSPS) is 15.0. The van der Waals surface area contributed by atoms with Gasteiger partial charge in [-0.3, -0.25) is 19.8 Å². The van der Waals surface area contributed by atoms with Crippen LogP contribution in [-0.4, -0.2) is 37.9 Å². The van der Waals surface area contributed by atoms with Crippen LogP contribution in [0.3, 0.4) is 0 Å². The van der Waals surface area contributed by atoms with E-state index in [4.69, 9.17) is 4.74 Å². The number of hydrogen-bond acceptors (Lipinski definition) is 6. The van der Waals surface area contributed by atoms with Crippen molar-refractivity contribution in [2.24, 2.45) is 4.99 Å². The van der Waals surface area contributed by atoms with Gasteiger partial charge in [-0.25, -0.2) is 4.99 Å². The highest BCUT2D eigenvalue weighted by Gasteiger charge is 2.31. The molecule has 0 atom stereocenters. The second kappa shape index (κ2) is 7.51. The van der Waals surface area contributed by atoms with Gasteiger partial charge in [-0.2, -0.15) is 0 Å². The molecule has 0 saturated carbocycles. The molecule has 0 fully saturated rings. The van der Waals surface area contributed by atoms with Gasteiger partial charge in [0.05, 0.1) is 23.8 Å². The molecule has 28 heavy (non-hydrogen) atoms. The summed E-state index contributed by atoms with van der Waals surface area (Å²) >= 11 is 0. The number of amides is 1. The zero-order chi connectivity index (χ0) is 20.4. The molecular weight excluding hydrogens is 360 g/mol. The van der Waals surface area contributed by atoms with Crippen molar-refractivity contribution < 1.29 is 14.5 Å². The van der Waals surface area contributed by atoms with Crippen LogP contribution < -0.4 is 14.5 Å². The number of amidine groups is 1. The molecule has 0 saturated heterocycles. The second-order valence-corrected chi connectivity index (χ2v) is 6.43. The van der Waals surface area contributed by atoms with Crippen molar-refractivity contribution in [2.75, 3.05) is 31.0 Å². The summed E-state index contributed by atoms with van der Waals surface area (Å²) in [5, 5.41) is 11.0. The second-order valence-electron chi connectivity index (χ2n) is 6.43. The zero-order valence-electron chi connectivity index (χ0n) is 16.0. The number of non-ortho nitro benzene ring substituents is 1. The number of rotatable bonds is 5. The minimum Gasteiger partial charge on any atom is -0.494 e. The molecule has 2 aromatic carbocycles. The molecule has 8 heteroatoms. The maximum Gasteiger partial charge on any atom is 0.282 e. The molecular formula is C20H20N4O4. The van der Waals surface area contributed by atoms with Crippen molar-refractivity contribution in [3.8, 4) is 5.75 Å². The predicted molar refractivity (Wildman–Crippen MR) is 109 cm³/mol. The summed E-state index contributed by atoms with van der Waals surface area (Å²) < 4.78 is 5.26. The highest BCUT2D eigenvalue weighted by molar-refractivity contribution is 6.28. The summed E-state index contributed by atoms with van der Waals surface area (Å²) in [6.07, 6.45) is 1.71. The van der Waals surface area contributed by atoms with E-state index in [1.807, 2.05) is 43.3 Å². The lowest BCUT2D eigenvalue weighted by atomic mass is 10.1. The van der Waals surface area contributed by atoms with Crippen molar-refractivity contribution in [3.63, 3.8) is 0 Å². The van der Waals surface area contributed by atoms with Gasteiger partial charge in [0.25, 0.3) is 11.6 Å². The van der Waals surface area contributed by atoms with Gasteiger partial charge in [0, 0.05) is 25.8 Å². The number of ether oxygens (including phenoxy) is 1. The van der Waals surface area contributed by atoms with Crippen LogP contribution in [0.2, 0.25) is 0 Å². The van der Waals surface area contributed by atoms with Crippen LogP contribution in [0.4, 0.5) is 17.1 Å². The summed E-state index contributed by atoms with van der Waals surface area (Å²) in [4.78, 5) is 31.1. The molecule has 0 bridgehead atoms. The molecule has 2 aromatic rings. The Kier molecular flexibility index (Phi) is 5.12. The minimum atomic E-state index is -0.512. The van der Waals surface area contributed by atoms with E-state index in [-0.39, 0.29) is 23.0 Å². The minimum absolute atomic E-state index is 0.112. The number of anilines is 2. The van der Waals surface area contributed by atoms with Crippen LogP contribution >= 0.6 is 0 Å². The summed E-state index contributed by atoms with van der Waals surface area (Å²) in [6, 6.07) is 11.9. The lowest BCUT2D eigenvalue weighted by Gasteiger charge is -2.18. The van der Waals surface area contributed by atoms with E-state index in [2.05, 4.69) is 4.99 Å². The fraction of sp³-hybridized carbons (Fsp3) is 0.200. The summed E-state index contributed by atoms with van der Waals surface area (Å²) in [5.74, 6) is 0.378. The molecule has 3 rings (SSSR count). The molecule has 8 nitrogen and oxygen atoms in total.